The Bertz CT molecular complexity index is 542. The van der Waals surface area contributed by atoms with Crippen molar-refractivity contribution in [3.63, 3.8) is 0 Å². The van der Waals surface area contributed by atoms with Gasteiger partial charge in [-0.15, -0.1) is 0 Å². The van der Waals surface area contributed by atoms with Gasteiger partial charge in [0.2, 0.25) is 5.91 Å². The third kappa shape index (κ3) is 6.49. The number of rotatable bonds is 6. The maximum absolute atomic E-state index is 12.6. The lowest BCUT2D eigenvalue weighted by atomic mass is 10.1. The number of nitrogens with zero attached hydrogens (tertiary/aromatic N) is 1. The average Bonchev–Trinajstić information content (AvgIpc) is 2.41. The molecule has 0 radical (unpaired) electrons. The highest BCUT2D eigenvalue weighted by Crippen LogP contribution is 2.32. The molecule has 122 valence electrons. The molecule has 0 spiro atoms. The number of halogens is 4. The van der Waals surface area contributed by atoms with Crippen LogP contribution in [0.2, 0.25) is 5.02 Å². The maximum atomic E-state index is 12.6. The van der Waals surface area contributed by atoms with E-state index < -0.39 is 11.7 Å². The van der Waals surface area contributed by atoms with Gasteiger partial charge >= 0.3 is 6.18 Å². The van der Waals surface area contributed by atoms with Gasteiger partial charge in [0.1, 0.15) is 0 Å². The zero-order valence-electron chi connectivity index (χ0n) is 12.4. The van der Waals surface area contributed by atoms with Gasteiger partial charge in [0.15, 0.2) is 0 Å². The molecule has 0 aromatic heterocycles. The van der Waals surface area contributed by atoms with E-state index in [0.29, 0.717) is 6.54 Å². The van der Waals surface area contributed by atoms with Crippen LogP contribution in [0, 0.1) is 0 Å². The molecule has 0 saturated heterocycles. The largest absolute Gasteiger partial charge is 0.416 e. The fraction of sp³-hybridized carbons (Fsp3) is 0.400. The number of hydrogen-bond acceptors (Lipinski definition) is 2. The molecule has 22 heavy (non-hydrogen) atoms. The normalized spacial score (nSPS) is 12.1. The van der Waals surface area contributed by atoms with E-state index in [1.807, 2.05) is 19.0 Å². The maximum Gasteiger partial charge on any atom is 0.416 e. The fourth-order valence-corrected chi connectivity index (χ4v) is 1.86. The van der Waals surface area contributed by atoms with Crippen LogP contribution in [0.5, 0.6) is 0 Å². The van der Waals surface area contributed by atoms with Crippen molar-refractivity contribution in [2.45, 2.75) is 12.6 Å². The Hall–Kier alpha value is -1.53. The van der Waals surface area contributed by atoms with Crippen molar-refractivity contribution in [2.75, 3.05) is 27.2 Å². The van der Waals surface area contributed by atoms with Gasteiger partial charge in [-0.05, 0) is 56.9 Å². The molecule has 1 N–H and O–H groups in total. The van der Waals surface area contributed by atoms with E-state index in [1.165, 1.54) is 18.2 Å². The summed E-state index contributed by atoms with van der Waals surface area (Å²) in [6.07, 6.45) is -1.20. The third-order valence-corrected chi connectivity index (χ3v) is 3.16. The molecule has 1 amide bonds. The van der Waals surface area contributed by atoms with Gasteiger partial charge in [-0.25, -0.2) is 0 Å². The third-order valence-electron chi connectivity index (χ3n) is 2.82. The molecule has 1 aromatic carbocycles. The molecular weight excluding hydrogens is 317 g/mol. The van der Waals surface area contributed by atoms with Crippen LogP contribution >= 0.6 is 11.6 Å². The van der Waals surface area contributed by atoms with Crippen LogP contribution in [0.25, 0.3) is 6.08 Å². The van der Waals surface area contributed by atoms with Crippen molar-refractivity contribution in [3.05, 3.63) is 40.4 Å². The molecule has 0 unspecified atom stereocenters. The Morgan fingerprint density at radius 2 is 2.05 bits per heavy atom. The smallest absolute Gasteiger partial charge is 0.353 e. The molecule has 0 aliphatic carbocycles. The molecule has 0 atom stereocenters. The number of alkyl halides is 3. The van der Waals surface area contributed by atoms with Crippen molar-refractivity contribution in [2.24, 2.45) is 0 Å². The van der Waals surface area contributed by atoms with Crippen LogP contribution in [0.4, 0.5) is 13.2 Å². The summed E-state index contributed by atoms with van der Waals surface area (Å²) in [4.78, 5) is 13.6. The van der Waals surface area contributed by atoms with Crippen molar-refractivity contribution in [1.29, 1.82) is 0 Å². The van der Waals surface area contributed by atoms with Gasteiger partial charge in [0.25, 0.3) is 0 Å². The van der Waals surface area contributed by atoms with E-state index in [2.05, 4.69) is 5.32 Å². The summed E-state index contributed by atoms with van der Waals surface area (Å²) in [5.41, 5.74) is -0.650. The highest BCUT2D eigenvalue weighted by atomic mass is 35.5. The molecule has 3 nitrogen and oxygen atoms in total. The minimum Gasteiger partial charge on any atom is -0.353 e. The first-order valence-corrected chi connectivity index (χ1v) is 7.05. The summed E-state index contributed by atoms with van der Waals surface area (Å²) >= 11 is 5.84. The predicted molar refractivity (Wildman–Crippen MR) is 81.7 cm³/mol. The molecule has 0 fully saturated rings. The second kappa shape index (κ2) is 8.19. The van der Waals surface area contributed by atoms with Crippen LogP contribution in [0.3, 0.4) is 0 Å². The van der Waals surface area contributed by atoms with Gasteiger partial charge in [-0.3, -0.25) is 4.79 Å². The van der Waals surface area contributed by atoms with Crippen LogP contribution in [0.15, 0.2) is 24.3 Å². The van der Waals surface area contributed by atoms with Crippen molar-refractivity contribution in [1.82, 2.24) is 10.2 Å². The average molecular weight is 335 g/mol. The summed E-state index contributed by atoms with van der Waals surface area (Å²) in [5.74, 6) is -0.368. The van der Waals surface area contributed by atoms with Crippen molar-refractivity contribution in [3.8, 4) is 0 Å². The van der Waals surface area contributed by atoms with Crippen molar-refractivity contribution < 1.29 is 18.0 Å². The molecule has 7 heteroatoms. The Balaban J connectivity index is 2.63. The molecule has 0 heterocycles. The highest BCUT2D eigenvalue weighted by Gasteiger charge is 2.30. The van der Waals surface area contributed by atoms with Gasteiger partial charge in [-0.1, -0.05) is 11.6 Å². The quantitative estimate of drug-likeness (QED) is 0.638. The van der Waals surface area contributed by atoms with E-state index in [1.54, 1.807) is 0 Å². The molecule has 0 saturated carbocycles. The standard InChI is InChI=1S/C15H18ClF3N2O/c1-21(2)9-3-8-20-14(22)7-4-11-10-12(15(17,18)19)5-6-13(11)16/h4-7,10H,3,8-9H2,1-2H3,(H,20,22). The zero-order valence-corrected chi connectivity index (χ0v) is 13.1. The Morgan fingerprint density at radius 3 is 2.64 bits per heavy atom. The first-order chi connectivity index (χ1) is 10.2. The van der Waals surface area contributed by atoms with E-state index in [0.717, 1.165) is 25.1 Å². The van der Waals surface area contributed by atoms with Crippen LogP contribution in [0.1, 0.15) is 17.5 Å². The molecule has 1 aromatic rings. The minimum absolute atomic E-state index is 0.153. The first kappa shape index (κ1) is 18.5. The van der Waals surface area contributed by atoms with Gasteiger partial charge in [-0.2, -0.15) is 13.2 Å². The second-order valence-electron chi connectivity index (χ2n) is 5.02. The fourth-order valence-electron chi connectivity index (χ4n) is 1.68. The zero-order chi connectivity index (χ0) is 16.8. The molecule has 0 aliphatic rings. The number of nitrogens with one attached hydrogen (secondary N) is 1. The SMILES string of the molecule is CN(C)CCCNC(=O)C=Cc1cc(C(F)(F)F)ccc1Cl. The lowest BCUT2D eigenvalue weighted by Gasteiger charge is -2.09. The number of carbonyl (C=O) groups is 1. The number of amides is 1. The van der Waals surface area contributed by atoms with Gasteiger partial charge < -0.3 is 10.2 Å². The predicted octanol–water partition coefficient (Wildman–Crippen LogP) is 3.44. The topological polar surface area (TPSA) is 32.3 Å². The minimum atomic E-state index is -4.44. The van der Waals surface area contributed by atoms with Crippen LogP contribution in [-0.2, 0) is 11.0 Å². The lowest BCUT2D eigenvalue weighted by molar-refractivity contribution is -0.137. The Morgan fingerprint density at radius 1 is 1.36 bits per heavy atom. The molecule has 0 bridgehead atoms. The summed E-state index contributed by atoms with van der Waals surface area (Å²) in [6, 6.07) is 2.98. The van der Waals surface area contributed by atoms with E-state index in [-0.39, 0.29) is 16.5 Å². The van der Waals surface area contributed by atoms with Crippen LogP contribution in [-0.4, -0.2) is 38.0 Å². The van der Waals surface area contributed by atoms with Crippen LogP contribution < -0.4 is 5.32 Å². The number of hydrogen-bond donors (Lipinski definition) is 1. The van der Waals surface area contributed by atoms with Gasteiger partial charge in [0.05, 0.1) is 5.56 Å². The van der Waals surface area contributed by atoms with Crippen molar-refractivity contribution >= 4 is 23.6 Å². The molecule has 0 aliphatic heterocycles. The summed E-state index contributed by atoms with van der Waals surface area (Å²) in [6.45, 7) is 1.33. The summed E-state index contributed by atoms with van der Waals surface area (Å²) < 4.78 is 37.9. The lowest BCUT2D eigenvalue weighted by Crippen LogP contribution is -2.25. The first-order valence-electron chi connectivity index (χ1n) is 6.67. The highest BCUT2D eigenvalue weighted by molar-refractivity contribution is 6.32. The second-order valence-corrected chi connectivity index (χ2v) is 5.42. The molecule has 1 rings (SSSR count). The molecular formula is C15H18ClF3N2O. The van der Waals surface area contributed by atoms with E-state index in [4.69, 9.17) is 11.6 Å². The van der Waals surface area contributed by atoms with Gasteiger partial charge in [0, 0.05) is 17.6 Å². The number of carbonyl (C=O) groups excluding carboxylic acids is 1. The number of benzene rings is 1. The van der Waals surface area contributed by atoms with E-state index >= 15 is 0 Å². The monoisotopic (exact) mass is 334 g/mol. The van der Waals surface area contributed by atoms with E-state index in [9.17, 15) is 18.0 Å². The Kier molecular flexibility index (Phi) is 6.90. The summed E-state index contributed by atoms with van der Waals surface area (Å²) in [5, 5.41) is 2.81. The summed E-state index contributed by atoms with van der Waals surface area (Å²) in [7, 11) is 3.86. The Labute approximate surface area is 132 Å².